The van der Waals surface area contributed by atoms with E-state index in [1.54, 1.807) is 0 Å². The van der Waals surface area contributed by atoms with E-state index in [-0.39, 0.29) is 5.91 Å². The van der Waals surface area contributed by atoms with E-state index in [0.717, 1.165) is 22.9 Å². The van der Waals surface area contributed by atoms with Crippen molar-refractivity contribution in [2.45, 2.75) is 24.9 Å². The zero-order chi connectivity index (χ0) is 14.4. The second-order valence-electron chi connectivity index (χ2n) is 5.32. The summed E-state index contributed by atoms with van der Waals surface area (Å²) in [5, 5.41) is 6.00. The van der Waals surface area contributed by atoms with Crippen LogP contribution in [0.4, 0.5) is 0 Å². The Morgan fingerprint density at radius 3 is 2.90 bits per heavy atom. The van der Waals surface area contributed by atoms with Gasteiger partial charge in [0.05, 0.1) is 4.47 Å². The molecule has 7 heteroatoms. The summed E-state index contributed by atoms with van der Waals surface area (Å²) in [5.41, 5.74) is 0.788. The summed E-state index contributed by atoms with van der Waals surface area (Å²) in [6, 6.07) is 3.60. The Morgan fingerprint density at radius 2 is 2.10 bits per heavy atom. The molecule has 0 aromatic heterocycles. The molecule has 0 saturated heterocycles. The lowest BCUT2D eigenvalue weighted by molar-refractivity contribution is -0.120. The first-order valence-electron chi connectivity index (χ1n) is 6.95. The van der Waals surface area contributed by atoms with Gasteiger partial charge < -0.3 is 14.8 Å². The van der Waals surface area contributed by atoms with Gasteiger partial charge >= 0.3 is 0 Å². The molecule has 1 aromatic carbocycles. The summed E-state index contributed by atoms with van der Waals surface area (Å²) in [6.45, 7) is 1.04. The van der Waals surface area contributed by atoms with Crippen molar-refractivity contribution in [1.29, 1.82) is 0 Å². The van der Waals surface area contributed by atoms with E-state index >= 15 is 0 Å². The highest BCUT2D eigenvalue weighted by molar-refractivity contribution is 9.10. The van der Waals surface area contributed by atoms with Crippen molar-refractivity contribution in [1.82, 2.24) is 10.6 Å². The zero-order valence-corrected chi connectivity index (χ0v) is 12.8. The Morgan fingerprint density at radius 1 is 1.29 bits per heavy atom. The third-order valence-corrected chi connectivity index (χ3v) is 4.19. The van der Waals surface area contributed by atoms with Gasteiger partial charge in [-0.1, -0.05) is 0 Å². The van der Waals surface area contributed by atoms with Crippen LogP contribution in [0, 0.1) is 0 Å². The number of benzene rings is 1. The maximum absolute atomic E-state index is 12.1. The lowest BCUT2D eigenvalue weighted by Gasteiger charge is -2.21. The molecule has 1 aromatic rings. The number of carbonyl (C=O) groups is 1. The largest absolute Gasteiger partial charge is 0.486 e. The predicted molar refractivity (Wildman–Crippen MR) is 79.6 cm³/mol. The molecule has 1 amide bonds. The van der Waals surface area contributed by atoms with Crippen molar-refractivity contribution in [3.05, 3.63) is 22.2 Å². The van der Waals surface area contributed by atoms with Gasteiger partial charge in [0, 0.05) is 6.04 Å². The lowest BCUT2D eigenvalue weighted by Crippen LogP contribution is -2.37. The van der Waals surface area contributed by atoms with Crippen LogP contribution in [0.2, 0.25) is 0 Å². The molecule has 0 bridgehead atoms. The van der Waals surface area contributed by atoms with E-state index < -0.39 is 6.04 Å². The SMILES string of the molecule is O=C1NC(NC2CC2)=NC1c1cc(Br)c2c(c1)OCCO2. The molecule has 2 N–H and O–H groups in total. The molecular formula is C14H14BrN3O3. The van der Waals surface area contributed by atoms with Crippen LogP contribution in [0.3, 0.4) is 0 Å². The highest BCUT2D eigenvalue weighted by atomic mass is 79.9. The molecule has 1 aliphatic carbocycles. The Bertz CT molecular complexity index is 643. The summed E-state index contributed by atoms with van der Waals surface area (Å²) in [5.74, 6) is 1.78. The normalized spacial score (nSPS) is 23.6. The van der Waals surface area contributed by atoms with Crippen molar-refractivity contribution in [3.8, 4) is 11.5 Å². The molecule has 3 aliphatic rings. The van der Waals surface area contributed by atoms with Crippen LogP contribution in [0.15, 0.2) is 21.6 Å². The van der Waals surface area contributed by atoms with Gasteiger partial charge in [0.15, 0.2) is 23.5 Å². The number of rotatable bonds is 2. The van der Waals surface area contributed by atoms with E-state index in [9.17, 15) is 4.79 Å². The summed E-state index contributed by atoms with van der Waals surface area (Å²) in [4.78, 5) is 16.6. The quantitative estimate of drug-likeness (QED) is 0.846. The molecule has 1 atom stereocenters. The first-order valence-corrected chi connectivity index (χ1v) is 7.74. The number of nitrogens with zero attached hydrogens (tertiary/aromatic N) is 1. The molecular weight excluding hydrogens is 338 g/mol. The highest BCUT2D eigenvalue weighted by Crippen LogP contribution is 2.40. The number of aliphatic imine (C=N–C) groups is 1. The summed E-state index contributed by atoms with van der Waals surface area (Å²) < 4.78 is 11.9. The number of carbonyl (C=O) groups excluding carboxylic acids is 1. The highest BCUT2D eigenvalue weighted by Gasteiger charge is 2.32. The Hall–Kier alpha value is -1.76. The monoisotopic (exact) mass is 351 g/mol. The minimum atomic E-state index is -0.543. The summed E-state index contributed by atoms with van der Waals surface area (Å²) in [7, 11) is 0. The molecule has 4 rings (SSSR count). The van der Waals surface area contributed by atoms with E-state index in [1.807, 2.05) is 12.1 Å². The maximum atomic E-state index is 12.1. The van der Waals surface area contributed by atoms with Crippen molar-refractivity contribution in [2.24, 2.45) is 4.99 Å². The number of hydrogen-bond acceptors (Lipinski definition) is 5. The summed E-state index contributed by atoms with van der Waals surface area (Å²) >= 11 is 3.46. The van der Waals surface area contributed by atoms with Gasteiger partial charge in [-0.15, -0.1) is 0 Å². The number of hydrogen-bond donors (Lipinski definition) is 2. The average Bonchev–Trinajstić information content (AvgIpc) is 3.20. The van der Waals surface area contributed by atoms with E-state index in [4.69, 9.17) is 9.47 Å². The molecule has 2 heterocycles. The summed E-state index contributed by atoms with van der Waals surface area (Å²) in [6.07, 6.45) is 2.27. The van der Waals surface area contributed by atoms with Crippen LogP contribution in [0.25, 0.3) is 0 Å². The van der Waals surface area contributed by atoms with Gasteiger partial charge in [-0.25, -0.2) is 4.99 Å². The Balaban J connectivity index is 1.64. The van der Waals surface area contributed by atoms with Crippen molar-refractivity contribution in [2.75, 3.05) is 13.2 Å². The van der Waals surface area contributed by atoms with Crippen molar-refractivity contribution < 1.29 is 14.3 Å². The molecule has 1 saturated carbocycles. The van der Waals surface area contributed by atoms with E-state index in [1.165, 1.54) is 0 Å². The van der Waals surface area contributed by atoms with Crippen LogP contribution in [0.1, 0.15) is 24.4 Å². The van der Waals surface area contributed by atoms with Gasteiger partial charge in [-0.2, -0.15) is 0 Å². The molecule has 6 nitrogen and oxygen atoms in total. The number of fused-ring (bicyclic) bond motifs is 1. The van der Waals surface area contributed by atoms with Crippen molar-refractivity contribution in [3.63, 3.8) is 0 Å². The smallest absolute Gasteiger partial charge is 0.256 e. The first kappa shape index (κ1) is 12.9. The van der Waals surface area contributed by atoms with Crippen LogP contribution in [-0.4, -0.2) is 31.1 Å². The Kier molecular flexibility index (Phi) is 3.02. The van der Waals surface area contributed by atoms with Crippen LogP contribution >= 0.6 is 15.9 Å². The molecule has 0 radical (unpaired) electrons. The number of nitrogens with one attached hydrogen (secondary N) is 2. The fraction of sp³-hybridized carbons (Fsp3) is 0.429. The topological polar surface area (TPSA) is 72.0 Å². The zero-order valence-electron chi connectivity index (χ0n) is 11.2. The number of amides is 1. The van der Waals surface area contributed by atoms with Gasteiger partial charge in [0.25, 0.3) is 5.91 Å². The molecule has 110 valence electrons. The fourth-order valence-corrected chi connectivity index (χ4v) is 2.99. The third-order valence-electron chi connectivity index (χ3n) is 3.60. The molecule has 0 spiro atoms. The van der Waals surface area contributed by atoms with Crippen LogP contribution < -0.4 is 20.1 Å². The maximum Gasteiger partial charge on any atom is 0.256 e. The molecule has 2 aliphatic heterocycles. The molecule has 21 heavy (non-hydrogen) atoms. The van der Waals surface area contributed by atoms with Gasteiger partial charge in [-0.05, 0) is 46.5 Å². The minimum Gasteiger partial charge on any atom is -0.486 e. The number of guanidine groups is 1. The Labute approximate surface area is 130 Å². The van der Waals surface area contributed by atoms with Crippen LogP contribution in [-0.2, 0) is 4.79 Å². The van der Waals surface area contributed by atoms with E-state index in [0.29, 0.717) is 36.7 Å². The third kappa shape index (κ3) is 2.46. The fourth-order valence-electron chi connectivity index (χ4n) is 2.41. The van der Waals surface area contributed by atoms with E-state index in [2.05, 4.69) is 31.6 Å². The van der Waals surface area contributed by atoms with Crippen LogP contribution in [0.5, 0.6) is 11.5 Å². The van der Waals surface area contributed by atoms with Gasteiger partial charge in [0.1, 0.15) is 13.2 Å². The lowest BCUT2D eigenvalue weighted by atomic mass is 10.1. The standard InChI is InChI=1S/C14H14BrN3O3/c15-9-5-7(6-10-12(9)21-4-3-20-10)11-13(19)18-14(17-11)16-8-1-2-8/h5-6,8,11H,1-4H2,(H2,16,17,18,19). The molecule has 1 fully saturated rings. The second-order valence-corrected chi connectivity index (χ2v) is 6.17. The predicted octanol–water partition coefficient (Wildman–Crippen LogP) is 1.50. The minimum absolute atomic E-state index is 0.123. The second kappa shape index (κ2) is 4.91. The van der Waals surface area contributed by atoms with Gasteiger partial charge in [-0.3, -0.25) is 10.1 Å². The number of ether oxygens (including phenoxy) is 2. The molecule has 1 unspecified atom stereocenters. The number of halogens is 1. The van der Waals surface area contributed by atoms with Crippen molar-refractivity contribution >= 4 is 27.8 Å². The average molecular weight is 352 g/mol. The first-order chi connectivity index (χ1) is 10.2. The van der Waals surface area contributed by atoms with Gasteiger partial charge in [0.2, 0.25) is 0 Å².